The van der Waals surface area contributed by atoms with Crippen molar-refractivity contribution in [2.45, 2.75) is 19.9 Å². The van der Waals surface area contributed by atoms with Crippen LogP contribution in [-0.4, -0.2) is 0 Å². The molecule has 0 fully saturated rings. The lowest BCUT2D eigenvalue weighted by molar-refractivity contribution is 0.618. The van der Waals surface area contributed by atoms with Crippen molar-refractivity contribution < 1.29 is 4.39 Å². The maximum absolute atomic E-state index is 13.7. The number of hydrogen-bond acceptors (Lipinski definition) is 3. The number of nitriles is 1. The number of hydrogen-bond donors (Lipinski definition) is 1. The van der Waals surface area contributed by atoms with Crippen molar-refractivity contribution in [3.05, 3.63) is 49.4 Å². The van der Waals surface area contributed by atoms with Crippen molar-refractivity contribution in [2.24, 2.45) is 0 Å². The zero-order valence-electron chi connectivity index (χ0n) is 10.8. The van der Waals surface area contributed by atoms with E-state index in [-0.39, 0.29) is 11.6 Å². The molecule has 0 amide bonds. The van der Waals surface area contributed by atoms with Crippen molar-refractivity contribution in [1.82, 2.24) is 0 Å². The van der Waals surface area contributed by atoms with E-state index in [0.29, 0.717) is 19.9 Å². The van der Waals surface area contributed by atoms with Crippen molar-refractivity contribution in [3.63, 3.8) is 0 Å². The maximum atomic E-state index is 13.7. The molecule has 0 aliphatic carbocycles. The van der Waals surface area contributed by atoms with Crippen LogP contribution < -0.4 is 5.32 Å². The molecule has 2 nitrogen and oxygen atoms in total. The Bertz CT molecular complexity index is 691. The van der Waals surface area contributed by atoms with Gasteiger partial charge in [0, 0.05) is 16.8 Å². The molecule has 2 rings (SSSR count). The molecule has 2 aromatic rings. The monoisotopic (exact) mass is 328 g/mol. The zero-order valence-corrected chi connectivity index (χ0v) is 13.1. The van der Waals surface area contributed by atoms with Gasteiger partial charge < -0.3 is 5.32 Å². The molecule has 1 heterocycles. The first-order valence-electron chi connectivity index (χ1n) is 5.84. The zero-order chi connectivity index (χ0) is 14.9. The summed E-state index contributed by atoms with van der Waals surface area (Å²) in [5.41, 5.74) is 2.17. The molecular weight excluding hydrogens is 318 g/mol. The highest BCUT2D eigenvalue weighted by Crippen LogP contribution is 2.36. The van der Waals surface area contributed by atoms with E-state index in [1.807, 2.05) is 13.0 Å². The van der Waals surface area contributed by atoms with Crippen LogP contribution in [0.5, 0.6) is 0 Å². The van der Waals surface area contributed by atoms with Crippen LogP contribution >= 0.6 is 34.5 Å². The van der Waals surface area contributed by atoms with E-state index in [2.05, 4.69) is 5.32 Å². The molecule has 1 aromatic carbocycles. The molecule has 20 heavy (non-hydrogen) atoms. The second-order valence-corrected chi connectivity index (χ2v) is 6.67. The standard InChI is InChI=1S/C14H11Cl2FN2S/c1-7-11(17)3-9(6-18)4-12(7)19-8(2)10-5-13(15)20-14(10)16/h3-5,8,19H,1-2H3. The summed E-state index contributed by atoms with van der Waals surface area (Å²) in [5.74, 6) is -0.409. The fourth-order valence-electron chi connectivity index (χ4n) is 1.85. The Morgan fingerprint density at radius 2 is 2.05 bits per heavy atom. The van der Waals surface area contributed by atoms with Gasteiger partial charge >= 0.3 is 0 Å². The van der Waals surface area contributed by atoms with E-state index >= 15 is 0 Å². The molecule has 1 N–H and O–H groups in total. The number of nitrogens with zero attached hydrogens (tertiary/aromatic N) is 1. The summed E-state index contributed by atoms with van der Waals surface area (Å²) in [7, 11) is 0. The van der Waals surface area contributed by atoms with Crippen LogP contribution in [0.15, 0.2) is 18.2 Å². The summed E-state index contributed by atoms with van der Waals surface area (Å²) >= 11 is 13.3. The average Bonchev–Trinajstić information content (AvgIpc) is 2.73. The number of thiophene rings is 1. The molecule has 0 spiro atoms. The van der Waals surface area contributed by atoms with Gasteiger partial charge in [0.25, 0.3) is 0 Å². The summed E-state index contributed by atoms with van der Waals surface area (Å²) in [6.45, 7) is 3.56. The van der Waals surface area contributed by atoms with E-state index in [9.17, 15) is 4.39 Å². The molecule has 6 heteroatoms. The molecule has 0 saturated carbocycles. The van der Waals surface area contributed by atoms with E-state index in [4.69, 9.17) is 28.5 Å². The van der Waals surface area contributed by atoms with Crippen LogP contribution in [0.3, 0.4) is 0 Å². The van der Waals surface area contributed by atoms with E-state index in [1.165, 1.54) is 17.4 Å². The summed E-state index contributed by atoms with van der Waals surface area (Å²) in [4.78, 5) is 0. The van der Waals surface area contributed by atoms with Crippen molar-refractivity contribution >= 4 is 40.2 Å². The van der Waals surface area contributed by atoms with Crippen LogP contribution in [0.25, 0.3) is 0 Å². The minimum absolute atomic E-state index is 0.140. The smallest absolute Gasteiger partial charge is 0.129 e. The van der Waals surface area contributed by atoms with Crippen LogP contribution in [0.4, 0.5) is 10.1 Å². The van der Waals surface area contributed by atoms with Crippen molar-refractivity contribution in [2.75, 3.05) is 5.32 Å². The first-order valence-corrected chi connectivity index (χ1v) is 7.41. The number of benzene rings is 1. The fraction of sp³-hybridized carbons (Fsp3) is 0.214. The van der Waals surface area contributed by atoms with E-state index < -0.39 is 5.82 Å². The van der Waals surface area contributed by atoms with Gasteiger partial charge in [-0.2, -0.15) is 5.26 Å². The molecular formula is C14H11Cl2FN2S. The molecule has 1 atom stereocenters. The Kier molecular flexibility index (Phi) is 4.54. The highest BCUT2D eigenvalue weighted by atomic mass is 35.5. The van der Waals surface area contributed by atoms with Gasteiger partial charge in [-0.3, -0.25) is 0 Å². The molecule has 0 saturated heterocycles. The Morgan fingerprint density at radius 3 is 2.60 bits per heavy atom. The molecule has 1 unspecified atom stereocenters. The summed E-state index contributed by atoms with van der Waals surface area (Å²) in [6.07, 6.45) is 0. The van der Waals surface area contributed by atoms with Crippen LogP contribution in [0, 0.1) is 24.1 Å². The van der Waals surface area contributed by atoms with Crippen molar-refractivity contribution in [3.8, 4) is 6.07 Å². The normalized spacial score (nSPS) is 12.0. The average molecular weight is 329 g/mol. The topological polar surface area (TPSA) is 35.8 Å². The number of nitrogens with one attached hydrogen (secondary N) is 1. The maximum Gasteiger partial charge on any atom is 0.129 e. The third kappa shape index (κ3) is 3.06. The van der Waals surface area contributed by atoms with Gasteiger partial charge in [-0.15, -0.1) is 11.3 Å². The second-order valence-electron chi connectivity index (χ2n) is 4.39. The first kappa shape index (κ1) is 15.1. The largest absolute Gasteiger partial charge is 0.378 e. The third-order valence-electron chi connectivity index (χ3n) is 2.99. The van der Waals surface area contributed by atoms with Gasteiger partial charge in [0.2, 0.25) is 0 Å². The molecule has 0 bridgehead atoms. The van der Waals surface area contributed by atoms with Gasteiger partial charge in [0.05, 0.1) is 26.3 Å². The predicted molar refractivity (Wildman–Crippen MR) is 82.2 cm³/mol. The molecule has 1 aromatic heterocycles. The van der Waals surface area contributed by atoms with Gasteiger partial charge in [-0.1, -0.05) is 23.2 Å². The number of rotatable bonds is 3. The van der Waals surface area contributed by atoms with Gasteiger partial charge in [0.1, 0.15) is 5.82 Å². The molecule has 0 aliphatic rings. The number of halogens is 3. The third-order valence-corrected chi connectivity index (χ3v) is 4.51. The lowest BCUT2D eigenvalue weighted by atomic mass is 10.1. The fourth-order valence-corrected chi connectivity index (χ4v) is 3.50. The molecule has 0 aliphatic heterocycles. The highest BCUT2D eigenvalue weighted by molar-refractivity contribution is 7.20. The Balaban J connectivity index is 2.33. The van der Waals surface area contributed by atoms with E-state index in [0.717, 1.165) is 5.56 Å². The van der Waals surface area contributed by atoms with Crippen LogP contribution in [-0.2, 0) is 0 Å². The summed E-state index contributed by atoms with van der Waals surface area (Å²) in [5, 5.41) is 12.1. The minimum atomic E-state index is -0.409. The predicted octanol–water partition coefficient (Wildman–Crippen LogP) is 5.55. The second kappa shape index (κ2) is 6.01. The Hall–Kier alpha value is -1.28. The Morgan fingerprint density at radius 1 is 1.35 bits per heavy atom. The quantitative estimate of drug-likeness (QED) is 0.801. The van der Waals surface area contributed by atoms with Crippen LogP contribution in [0.2, 0.25) is 8.67 Å². The van der Waals surface area contributed by atoms with Crippen LogP contribution in [0.1, 0.15) is 29.7 Å². The highest BCUT2D eigenvalue weighted by Gasteiger charge is 2.15. The SMILES string of the molecule is Cc1c(F)cc(C#N)cc1NC(C)c1cc(Cl)sc1Cl. The summed E-state index contributed by atoms with van der Waals surface area (Å²) in [6, 6.07) is 6.43. The Labute approximate surface area is 130 Å². The lowest BCUT2D eigenvalue weighted by Crippen LogP contribution is -2.08. The van der Waals surface area contributed by atoms with E-state index in [1.54, 1.807) is 19.1 Å². The molecule has 104 valence electrons. The van der Waals surface area contributed by atoms with Gasteiger partial charge in [-0.25, -0.2) is 4.39 Å². The molecule has 0 radical (unpaired) electrons. The number of anilines is 1. The summed E-state index contributed by atoms with van der Waals surface area (Å²) < 4.78 is 14.9. The first-order chi connectivity index (χ1) is 9.42. The van der Waals surface area contributed by atoms with Gasteiger partial charge in [-0.05, 0) is 32.0 Å². The lowest BCUT2D eigenvalue weighted by Gasteiger charge is -2.17. The van der Waals surface area contributed by atoms with Crippen molar-refractivity contribution in [1.29, 1.82) is 5.26 Å². The minimum Gasteiger partial charge on any atom is -0.378 e. The van der Waals surface area contributed by atoms with Gasteiger partial charge in [0.15, 0.2) is 0 Å².